The summed E-state index contributed by atoms with van der Waals surface area (Å²) in [5.74, 6) is 0.612. The number of hydrogen-bond donors (Lipinski definition) is 0. The van der Waals surface area contributed by atoms with Gasteiger partial charge in [-0.05, 0) is 24.0 Å². The van der Waals surface area contributed by atoms with Crippen LogP contribution in [0.15, 0.2) is 18.3 Å². The van der Waals surface area contributed by atoms with Gasteiger partial charge in [0.05, 0.1) is 0 Å². The smallest absolute Gasteiger partial charge is 0.181 e. The van der Waals surface area contributed by atoms with E-state index in [0.29, 0.717) is 5.69 Å². The lowest BCUT2D eigenvalue weighted by Crippen LogP contribution is -2.09. The number of carbonyl (C=O) groups excluding carboxylic acids is 1. The SMILES string of the molecule is [CH2]C(=O)c1ccc(CC2CCCCC2)cn1. The quantitative estimate of drug-likeness (QED) is 0.726. The van der Waals surface area contributed by atoms with Gasteiger partial charge < -0.3 is 0 Å². The van der Waals surface area contributed by atoms with Crippen LogP contribution in [0.25, 0.3) is 0 Å². The Morgan fingerprint density at radius 1 is 1.31 bits per heavy atom. The first-order valence-electron chi connectivity index (χ1n) is 6.07. The summed E-state index contributed by atoms with van der Waals surface area (Å²) in [5.41, 5.74) is 1.71. The molecule has 1 heterocycles. The second-order valence-corrected chi connectivity index (χ2v) is 4.68. The Kier molecular flexibility index (Phi) is 3.70. The first-order valence-corrected chi connectivity index (χ1v) is 6.07. The molecule has 0 aromatic carbocycles. The lowest BCUT2D eigenvalue weighted by atomic mass is 9.85. The zero-order valence-corrected chi connectivity index (χ0v) is 9.61. The van der Waals surface area contributed by atoms with Crippen LogP contribution >= 0.6 is 0 Å². The van der Waals surface area contributed by atoms with Crippen molar-refractivity contribution in [2.75, 3.05) is 0 Å². The maximum absolute atomic E-state index is 11.0. The Morgan fingerprint density at radius 3 is 2.62 bits per heavy atom. The van der Waals surface area contributed by atoms with Gasteiger partial charge in [0.25, 0.3) is 0 Å². The van der Waals surface area contributed by atoms with Crippen LogP contribution in [0.1, 0.15) is 48.2 Å². The summed E-state index contributed by atoms with van der Waals surface area (Å²) >= 11 is 0. The van der Waals surface area contributed by atoms with Crippen LogP contribution in [-0.4, -0.2) is 10.8 Å². The van der Waals surface area contributed by atoms with E-state index < -0.39 is 0 Å². The van der Waals surface area contributed by atoms with Gasteiger partial charge in [-0.25, -0.2) is 0 Å². The summed E-state index contributed by atoms with van der Waals surface area (Å²) < 4.78 is 0. The fraction of sp³-hybridized carbons (Fsp3) is 0.500. The number of nitrogens with zero attached hydrogens (tertiary/aromatic N) is 1. The first-order chi connectivity index (χ1) is 7.75. The highest BCUT2D eigenvalue weighted by atomic mass is 16.1. The predicted molar refractivity (Wildman–Crippen MR) is 64.2 cm³/mol. The average molecular weight is 216 g/mol. The Morgan fingerprint density at radius 2 is 2.06 bits per heavy atom. The molecule has 1 aromatic rings. The van der Waals surface area contributed by atoms with Gasteiger partial charge in [0, 0.05) is 13.1 Å². The molecule has 2 nitrogen and oxygen atoms in total. The molecular formula is C14H18NO. The van der Waals surface area contributed by atoms with Gasteiger partial charge >= 0.3 is 0 Å². The number of ketones is 1. The van der Waals surface area contributed by atoms with E-state index in [9.17, 15) is 4.79 Å². The highest BCUT2D eigenvalue weighted by molar-refractivity contribution is 5.97. The third-order valence-electron chi connectivity index (χ3n) is 3.36. The molecule has 0 saturated heterocycles. The van der Waals surface area contributed by atoms with E-state index >= 15 is 0 Å². The zero-order chi connectivity index (χ0) is 11.4. The molecule has 85 valence electrons. The maximum atomic E-state index is 11.0. The van der Waals surface area contributed by atoms with Crippen molar-refractivity contribution < 1.29 is 4.79 Å². The third kappa shape index (κ3) is 2.91. The minimum Gasteiger partial charge on any atom is -0.292 e. The standard InChI is InChI=1S/C14H18NO/c1-11(16)14-8-7-13(10-15-14)9-12-5-3-2-4-6-12/h7-8,10,12H,1-6,9H2. The molecule has 16 heavy (non-hydrogen) atoms. The van der Waals surface area contributed by atoms with Crippen LogP contribution in [0.5, 0.6) is 0 Å². The molecule has 0 N–H and O–H groups in total. The molecule has 2 heteroatoms. The van der Waals surface area contributed by atoms with Crippen molar-refractivity contribution in [2.24, 2.45) is 5.92 Å². The van der Waals surface area contributed by atoms with Crippen molar-refractivity contribution in [3.63, 3.8) is 0 Å². The third-order valence-corrected chi connectivity index (χ3v) is 3.36. The Labute approximate surface area is 97.1 Å². The van der Waals surface area contributed by atoms with Gasteiger partial charge in [-0.2, -0.15) is 0 Å². The Balaban J connectivity index is 1.96. The molecule has 1 fully saturated rings. The van der Waals surface area contributed by atoms with Gasteiger partial charge in [-0.1, -0.05) is 38.2 Å². The maximum Gasteiger partial charge on any atom is 0.181 e. The predicted octanol–water partition coefficient (Wildman–Crippen LogP) is 3.22. The van der Waals surface area contributed by atoms with Crippen molar-refractivity contribution in [2.45, 2.75) is 38.5 Å². The van der Waals surface area contributed by atoms with Crippen molar-refractivity contribution in [1.82, 2.24) is 4.98 Å². The normalized spacial score (nSPS) is 17.3. The van der Waals surface area contributed by atoms with E-state index in [1.165, 1.54) is 37.7 Å². The van der Waals surface area contributed by atoms with Crippen molar-refractivity contribution in [3.8, 4) is 0 Å². The topological polar surface area (TPSA) is 30.0 Å². The molecular weight excluding hydrogens is 198 g/mol. The molecule has 1 aromatic heterocycles. The van der Waals surface area contributed by atoms with E-state index in [4.69, 9.17) is 0 Å². The number of rotatable bonds is 3. The van der Waals surface area contributed by atoms with Gasteiger partial charge in [0.2, 0.25) is 0 Å². The van der Waals surface area contributed by atoms with Crippen molar-refractivity contribution in [3.05, 3.63) is 36.5 Å². The number of aromatic nitrogens is 1. The highest BCUT2D eigenvalue weighted by Crippen LogP contribution is 2.26. The molecule has 1 aliphatic carbocycles. The van der Waals surface area contributed by atoms with Crippen LogP contribution in [0, 0.1) is 12.8 Å². The van der Waals surface area contributed by atoms with E-state index in [0.717, 1.165) is 12.3 Å². The summed E-state index contributed by atoms with van der Waals surface area (Å²) in [4.78, 5) is 15.1. The van der Waals surface area contributed by atoms with Crippen LogP contribution in [0.4, 0.5) is 0 Å². The molecule has 1 aliphatic rings. The minimum atomic E-state index is -0.204. The number of pyridine rings is 1. The van der Waals surface area contributed by atoms with Gasteiger partial charge in [-0.15, -0.1) is 0 Å². The van der Waals surface area contributed by atoms with Crippen LogP contribution in [0.3, 0.4) is 0 Å². The molecule has 0 amide bonds. The first kappa shape index (κ1) is 11.3. The molecule has 0 unspecified atom stereocenters. The number of Topliss-reactive ketones (excluding diaryl/α,β-unsaturated/α-hetero) is 1. The monoisotopic (exact) mass is 216 g/mol. The molecule has 0 bridgehead atoms. The van der Waals surface area contributed by atoms with E-state index in [1.54, 1.807) is 6.07 Å². The molecule has 0 aliphatic heterocycles. The van der Waals surface area contributed by atoms with Gasteiger partial charge in [0.1, 0.15) is 5.69 Å². The lowest BCUT2D eigenvalue weighted by Gasteiger charge is -2.21. The number of carbonyl (C=O) groups is 1. The van der Waals surface area contributed by atoms with Crippen molar-refractivity contribution >= 4 is 5.78 Å². The highest BCUT2D eigenvalue weighted by Gasteiger charge is 2.14. The fourth-order valence-electron chi connectivity index (χ4n) is 2.43. The van der Waals surface area contributed by atoms with Crippen LogP contribution in [0.2, 0.25) is 0 Å². The summed E-state index contributed by atoms with van der Waals surface area (Å²) in [6.07, 6.45) is 9.75. The second kappa shape index (κ2) is 5.24. The molecule has 2 rings (SSSR count). The average Bonchev–Trinajstić information content (AvgIpc) is 2.31. The van der Waals surface area contributed by atoms with E-state index in [-0.39, 0.29) is 5.78 Å². The summed E-state index contributed by atoms with van der Waals surface area (Å²) in [6, 6.07) is 3.80. The van der Waals surface area contributed by atoms with Gasteiger partial charge in [-0.3, -0.25) is 9.78 Å². The van der Waals surface area contributed by atoms with E-state index in [2.05, 4.69) is 11.9 Å². The Bertz CT molecular complexity index is 350. The molecule has 1 radical (unpaired) electrons. The van der Waals surface area contributed by atoms with Crippen LogP contribution < -0.4 is 0 Å². The Hall–Kier alpha value is -1.18. The largest absolute Gasteiger partial charge is 0.292 e. The number of hydrogen-bond acceptors (Lipinski definition) is 2. The molecule has 0 atom stereocenters. The second-order valence-electron chi connectivity index (χ2n) is 4.68. The van der Waals surface area contributed by atoms with Crippen LogP contribution in [-0.2, 0) is 6.42 Å². The minimum absolute atomic E-state index is 0.204. The van der Waals surface area contributed by atoms with E-state index in [1.807, 2.05) is 12.3 Å². The zero-order valence-electron chi connectivity index (χ0n) is 9.61. The lowest BCUT2D eigenvalue weighted by molar-refractivity contribution is 0.103. The van der Waals surface area contributed by atoms with Gasteiger partial charge in [0.15, 0.2) is 5.78 Å². The fourth-order valence-corrected chi connectivity index (χ4v) is 2.43. The van der Waals surface area contributed by atoms with Crippen molar-refractivity contribution in [1.29, 1.82) is 0 Å². The molecule has 1 saturated carbocycles. The molecule has 0 spiro atoms. The summed E-state index contributed by atoms with van der Waals surface area (Å²) in [7, 11) is 0. The summed E-state index contributed by atoms with van der Waals surface area (Å²) in [6.45, 7) is 3.35. The summed E-state index contributed by atoms with van der Waals surface area (Å²) in [5, 5.41) is 0.